The van der Waals surface area contributed by atoms with Gasteiger partial charge in [-0.15, -0.1) is 0 Å². The molecule has 86 valence electrons. The third-order valence-corrected chi connectivity index (χ3v) is 2.84. The second kappa shape index (κ2) is 3.91. The molecule has 1 aromatic carbocycles. The molecule has 1 N–H and O–H groups in total. The van der Waals surface area contributed by atoms with Gasteiger partial charge in [-0.1, -0.05) is 35.0 Å². The lowest BCUT2D eigenvalue weighted by Gasteiger charge is -2.22. The first kappa shape index (κ1) is 11.1. The Hall–Kier alpha value is -1.35. The van der Waals surface area contributed by atoms with Crippen molar-refractivity contribution < 1.29 is 9.94 Å². The van der Waals surface area contributed by atoms with Crippen molar-refractivity contribution in [1.82, 2.24) is 0 Å². The SMILES string of the molecule is Cc1ccc(C2=NOC(C(C)(C)O)C2)cc1. The first-order valence-electron chi connectivity index (χ1n) is 5.49. The molecule has 1 aliphatic rings. The third kappa shape index (κ3) is 2.25. The van der Waals surface area contributed by atoms with Crippen molar-refractivity contribution in [2.24, 2.45) is 5.16 Å². The number of oxime groups is 1. The van der Waals surface area contributed by atoms with Crippen molar-refractivity contribution in [2.45, 2.75) is 38.9 Å². The molecule has 16 heavy (non-hydrogen) atoms. The van der Waals surface area contributed by atoms with Gasteiger partial charge in [0.1, 0.15) is 0 Å². The van der Waals surface area contributed by atoms with Gasteiger partial charge in [-0.25, -0.2) is 0 Å². The van der Waals surface area contributed by atoms with Crippen LogP contribution in [0.3, 0.4) is 0 Å². The van der Waals surface area contributed by atoms with Gasteiger partial charge in [0.05, 0.1) is 11.3 Å². The number of benzene rings is 1. The lowest BCUT2D eigenvalue weighted by Crippen LogP contribution is -2.35. The van der Waals surface area contributed by atoms with Crippen LogP contribution in [0.5, 0.6) is 0 Å². The number of hydrogen-bond donors (Lipinski definition) is 1. The van der Waals surface area contributed by atoms with E-state index in [1.54, 1.807) is 13.8 Å². The zero-order chi connectivity index (χ0) is 11.8. The van der Waals surface area contributed by atoms with E-state index in [0.717, 1.165) is 11.3 Å². The molecule has 3 heteroatoms. The fourth-order valence-corrected chi connectivity index (χ4v) is 1.67. The Labute approximate surface area is 95.7 Å². The van der Waals surface area contributed by atoms with Crippen molar-refractivity contribution >= 4 is 5.71 Å². The van der Waals surface area contributed by atoms with Crippen LogP contribution in [0.2, 0.25) is 0 Å². The van der Waals surface area contributed by atoms with Crippen LogP contribution in [0.4, 0.5) is 0 Å². The molecule has 0 aliphatic carbocycles. The summed E-state index contributed by atoms with van der Waals surface area (Å²) in [5.74, 6) is 0. The lowest BCUT2D eigenvalue weighted by molar-refractivity contribution is -0.0719. The molecular formula is C13H17NO2. The standard InChI is InChI=1S/C13H17NO2/c1-9-4-6-10(7-5-9)11-8-12(16-14-11)13(2,3)15/h4-7,12,15H,8H2,1-3H3. The summed E-state index contributed by atoms with van der Waals surface area (Å²) in [6, 6.07) is 8.17. The average molecular weight is 219 g/mol. The quantitative estimate of drug-likeness (QED) is 0.829. The van der Waals surface area contributed by atoms with E-state index in [1.165, 1.54) is 5.56 Å². The fourth-order valence-electron chi connectivity index (χ4n) is 1.67. The molecule has 2 rings (SSSR count). The van der Waals surface area contributed by atoms with Gasteiger partial charge in [0, 0.05) is 6.42 Å². The highest BCUT2D eigenvalue weighted by atomic mass is 16.7. The first-order chi connectivity index (χ1) is 7.47. The van der Waals surface area contributed by atoms with E-state index in [-0.39, 0.29) is 6.10 Å². The normalized spacial score (nSPS) is 20.5. The Morgan fingerprint density at radius 3 is 2.44 bits per heavy atom. The van der Waals surface area contributed by atoms with Crippen molar-refractivity contribution in [3.8, 4) is 0 Å². The summed E-state index contributed by atoms with van der Waals surface area (Å²) in [6.07, 6.45) is 0.413. The van der Waals surface area contributed by atoms with Gasteiger partial charge in [-0.3, -0.25) is 0 Å². The molecule has 1 heterocycles. The predicted molar refractivity (Wildman–Crippen MR) is 63.5 cm³/mol. The molecule has 0 fully saturated rings. The topological polar surface area (TPSA) is 41.8 Å². The second-order valence-corrected chi connectivity index (χ2v) is 4.86. The summed E-state index contributed by atoms with van der Waals surface area (Å²) in [5, 5.41) is 13.9. The molecular weight excluding hydrogens is 202 g/mol. The van der Waals surface area contributed by atoms with Crippen LogP contribution in [0.25, 0.3) is 0 Å². The molecule has 1 unspecified atom stereocenters. The maximum Gasteiger partial charge on any atom is 0.161 e. The summed E-state index contributed by atoms with van der Waals surface area (Å²) in [4.78, 5) is 5.25. The van der Waals surface area contributed by atoms with Crippen molar-refractivity contribution in [1.29, 1.82) is 0 Å². The van der Waals surface area contributed by atoms with Crippen molar-refractivity contribution in [3.05, 3.63) is 35.4 Å². The van der Waals surface area contributed by atoms with Crippen LogP contribution < -0.4 is 0 Å². The monoisotopic (exact) mass is 219 g/mol. The molecule has 1 aromatic rings. The molecule has 0 radical (unpaired) electrons. The van der Waals surface area contributed by atoms with Gasteiger partial charge < -0.3 is 9.94 Å². The van der Waals surface area contributed by atoms with E-state index in [0.29, 0.717) is 6.42 Å². The summed E-state index contributed by atoms with van der Waals surface area (Å²) in [6.45, 7) is 5.53. The van der Waals surface area contributed by atoms with E-state index in [4.69, 9.17) is 4.84 Å². The van der Waals surface area contributed by atoms with E-state index in [2.05, 4.69) is 24.2 Å². The van der Waals surface area contributed by atoms with Gasteiger partial charge in [0.25, 0.3) is 0 Å². The Balaban J connectivity index is 2.12. The highest BCUT2D eigenvalue weighted by molar-refractivity contribution is 6.01. The summed E-state index contributed by atoms with van der Waals surface area (Å²) < 4.78 is 0. The molecule has 1 aliphatic heterocycles. The average Bonchev–Trinajstić information content (AvgIpc) is 2.67. The third-order valence-electron chi connectivity index (χ3n) is 2.84. The minimum Gasteiger partial charge on any atom is -0.389 e. The van der Waals surface area contributed by atoms with Gasteiger partial charge in [0.15, 0.2) is 6.10 Å². The molecule has 0 saturated carbocycles. The van der Waals surface area contributed by atoms with Crippen LogP contribution in [0.15, 0.2) is 29.4 Å². The summed E-state index contributed by atoms with van der Waals surface area (Å²) in [5.41, 5.74) is 2.35. The predicted octanol–water partition coefficient (Wildman–Crippen LogP) is 2.26. The van der Waals surface area contributed by atoms with Gasteiger partial charge in [-0.05, 0) is 26.3 Å². The van der Waals surface area contributed by atoms with Crippen molar-refractivity contribution in [3.63, 3.8) is 0 Å². The van der Waals surface area contributed by atoms with Crippen LogP contribution in [-0.4, -0.2) is 22.5 Å². The number of rotatable bonds is 2. The zero-order valence-corrected chi connectivity index (χ0v) is 9.90. The second-order valence-electron chi connectivity index (χ2n) is 4.86. The zero-order valence-electron chi connectivity index (χ0n) is 9.90. The summed E-state index contributed by atoms with van der Waals surface area (Å²) >= 11 is 0. The Kier molecular flexibility index (Phi) is 2.72. The van der Waals surface area contributed by atoms with Gasteiger partial charge in [0.2, 0.25) is 0 Å². The number of aryl methyl sites for hydroxylation is 1. The molecule has 0 saturated heterocycles. The molecule has 3 nitrogen and oxygen atoms in total. The van der Waals surface area contributed by atoms with Crippen LogP contribution in [-0.2, 0) is 4.84 Å². The molecule has 0 spiro atoms. The van der Waals surface area contributed by atoms with Crippen LogP contribution >= 0.6 is 0 Å². The number of hydrogen-bond acceptors (Lipinski definition) is 3. The lowest BCUT2D eigenvalue weighted by atomic mass is 9.95. The maximum atomic E-state index is 9.83. The molecule has 1 atom stereocenters. The molecule has 0 bridgehead atoms. The minimum absolute atomic E-state index is 0.246. The minimum atomic E-state index is -0.851. The summed E-state index contributed by atoms with van der Waals surface area (Å²) in [7, 11) is 0. The first-order valence-corrected chi connectivity index (χ1v) is 5.49. The molecule has 0 aromatic heterocycles. The largest absolute Gasteiger partial charge is 0.389 e. The smallest absolute Gasteiger partial charge is 0.161 e. The van der Waals surface area contributed by atoms with E-state index in [1.807, 2.05) is 12.1 Å². The van der Waals surface area contributed by atoms with E-state index < -0.39 is 5.60 Å². The van der Waals surface area contributed by atoms with Crippen LogP contribution in [0, 0.1) is 6.92 Å². The van der Waals surface area contributed by atoms with Crippen molar-refractivity contribution in [2.75, 3.05) is 0 Å². The highest BCUT2D eigenvalue weighted by Gasteiger charge is 2.34. The Morgan fingerprint density at radius 2 is 1.94 bits per heavy atom. The van der Waals surface area contributed by atoms with E-state index >= 15 is 0 Å². The van der Waals surface area contributed by atoms with Crippen LogP contribution in [0.1, 0.15) is 31.4 Å². The van der Waals surface area contributed by atoms with Gasteiger partial charge >= 0.3 is 0 Å². The van der Waals surface area contributed by atoms with Gasteiger partial charge in [-0.2, -0.15) is 0 Å². The number of aliphatic hydroxyl groups is 1. The Morgan fingerprint density at radius 1 is 1.31 bits per heavy atom. The molecule has 0 amide bonds. The Bertz CT molecular complexity index is 401. The fraction of sp³-hybridized carbons (Fsp3) is 0.462. The van der Waals surface area contributed by atoms with E-state index in [9.17, 15) is 5.11 Å². The highest BCUT2D eigenvalue weighted by Crippen LogP contribution is 2.24. The number of nitrogens with zero attached hydrogens (tertiary/aromatic N) is 1. The maximum absolute atomic E-state index is 9.83.